The second kappa shape index (κ2) is 5.61. The third-order valence-electron chi connectivity index (χ3n) is 2.16. The van der Waals surface area contributed by atoms with E-state index in [-0.39, 0.29) is 6.61 Å². The van der Waals surface area contributed by atoms with E-state index in [1.807, 2.05) is 30.3 Å². The van der Waals surface area contributed by atoms with Gasteiger partial charge in [-0.25, -0.2) is 9.97 Å². The predicted molar refractivity (Wildman–Crippen MR) is 68.1 cm³/mol. The van der Waals surface area contributed by atoms with Crippen LogP contribution in [-0.2, 0) is 0 Å². The fourth-order valence-electron chi connectivity index (χ4n) is 1.42. The summed E-state index contributed by atoms with van der Waals surface area (Å²) < 4.78 is 0. The van der Waals surface area contributed by atoms with Crippen LogP contribution in [0.5, 0.6) is 0 Å². The number of hydrogen-bond donors (Lipinski definition) is 2. The first-order valence-corrected chi connectivity index (χ1v) is 5.62. The van der Waals surface area contributed by atoms with Crippen LogP contribution in [0.25, 0.3) is 11.3 Å². The molecular weight excluding hydrogens is 238 g/mol. The summed E-state index contributed by atoms with van der Waals surface area (Å²) in [6, 6.07) is 11.4. The molecule has 88 valence electrons. The van der Waals surface area contributed by atoms with Crippen LogP contribution in [0.15, 0.2) is 36.4 Å². The van der Waals surface area contributed by atoms with Crippen molar-refractivity contribution in [2.75, 3.05) is 18.5 Å². The average Bonchev–Trinajstić information content (AvgIpc) is 2.37. The molecule has 5 heteroatoms. The monoisotopic (exact) mass is 249 g/mol. The van der Waals surface area contributed by atoms with Crippen molar-refractivity contribution in [3.8, 4) is 11.3 Å². The summed E-state index contributed by atoms with van der Waals surface area (Å²) in [4.78, 5) is 8.35. The fourth-order valence-corrected chi connectivity index (χ4v) is 1.60. The molecule has 0 atom stereocenters. The van der Waals surface area contributed by atoms with E-state index in [4.69, 9.17) is 16.7 Å². The molecule has 0 saturated heterocycles. The molecule has 17 heavy (non-hydrogen) atoms. The first-order valence-electron chi connectivity index (χ1n) is 5.24. The zero-order valence-electron chi connectivity index (χ0n) is 9.10. The molecule has 0 amide bonds. The lowest BCUT2D eigenvalue weighted by molar-refractivity contribution is 0.311. The molecule has 4 nitrogen and oxygen atoms in total. The van der Waals surface area contributed by atoms with Crippen molar-refractivity contribution in [1.82, 2.24) is 9.97 Å². The lowest BCUT2D eigenvalue weighted by atomic mass is 10.1. The summed E-state index contributed by atoms with van der Waals surface area (Å²) in [6.07, 6.45) is 0. The summed E-state index contributed by atoms with van der Waals surface area (Å²) in [7, 11) is 0. The molecule has 0 radical (unpaired) electrons. The van der Waals surface area contributed by atoms with E-state index < -0.39 is 0 Å². The highest BCUT2D eigenvalue weighted by atomic mass is 35.5. The predicted octanol–water partition coefficient (Wildman–Crippen LogP) is 2.20. The van der Waals surface area contributed by atoms with Gasteiger partial charge < -0.3 is 10.4 Å². The molecule has 0 fully saturated rings. The van der Waals surface area contributed by atoms with Gasteiger partial charge in [0.15, 0.2) is 0 Å². The molecule has 0 aliphatic rings. The highest BCUT2D eigenvalue weighted by Crippen LogP contribution is 2.20. The van der Waals surface area contributed by atoms with Crippen molar-refractivity contribution in [3.63, 3.8) is 0 Å². The number of benzene rings is 1. The number of aromatic nitrogens is 2. The number of nitrogens with zero attached hydrogens (tertiary/aromatic N) is 2. The van der Waals surface area contributed by atoms with Gasteiger partial charge in [-0.05, 0) is 0 Å². The summed E-state index contributed by atoms with van der Waals surface area (Å²) in [5, 5.41) is 12.0. The van der Waals surface area contributed by atoms with Gasteiger partial charge in [-0.2, -0.15) is 0 Å². The van der Waals surface area contributed by atoms with Crippen LogP contribution in [-0.4, -0.2) is 28.2 Å². The summed E-state index contributed by atoms with van der Waals surface area (Å²) in [5.74, 6) is 0.422. The highest BCUT2D eigenvalue weighted by molar-refractivity contribution is 6.29. The minimum absolute atomic E-state index is 0.0243. The zero-order valence-corrected chi connectivity index (χ0v) is 9.85. The second-order valence-electron chi connectivity index (χ2n) is 3.42. The maximum Gasteiger partial charge on any atom is 0.224 e. The van der Waals surface area contributed by atoms with Gasteiger partial charge >= 0.3 is 0 Å². The average molecular weight is 250 g/mol. The van der Waals surface area contributed by atoms with Gasteiger partial charge in [0.05, 0.1) is 12.3 Å². The molecule has 1 aromatic heterocycles. The molecule has 2 N–H and O–H groups in total. The summed E-state index contributed by atoms with van der Waals surface area (Å²) in [6.45, 7) is 0.422. The van der Waals surface area contributed by atoms with E-state index in [0.717, 1.165) is 11.3 Å². The molecule has 0 spiro atoms. The Morgan fingerprint density at radius 3 is 2.65 bits per heavy atom. The molecule has 0 bridgehead atoms. The maximum atomic E-state index is 8.73. The van der Waals surface area contributed by atoms with Crippen LogP contribution in [0.2, 0.25) is 5.15 Å². The molecule has 0 aliphatic carbocycles. The van der Waals surface area contributed by atoms with Crippen molar-refractivity contribution >= 4 is 17.5 Å². The lowest BCUT2D eigenvalue weighted by Crippen LogP contribution is -2.09. The minimum Gasteiger partial charge on any atom is -0.395 e. The highest BCUT2D eigenvalue weighted by Gasteiger charge is 2.04. The van der Waals surface area contributed by atoms with Crippen LogP contribution in [0.4, 0.5) is 5.95 Å². The standard InChI is InChI=1S/C12H12ClN3O/c13-11-8-10(9-4-2-1-3-5-9)15-12(16-11)14-6-7-17/h1-5,8,17H,6-7H2,(H,14,15,16). The van der Waals surface area contributed by atoms with Crippen LogP contribution in [0, 0.1) is 0 Å². The molecule has 2 aromatic rings. The Morgan fingerprint density at radius 2 is 1.94 bits per heavy atom. The van der Waals surface area contributed by atoms with Gasteiger partial charge in [0.25, 0.3) is 0 Å². The van der Waals surface area contributed by atoms with Crippen molar-refractivity contribution in [2.45, 2.75) is 0 Å². The largest absolute Gasteiger partial charge is 0.395 e. The normalized spacial score (nSPS) is 10.2. The van der Waals surface area contributed by atoms with Crippen molar-refractivity contribution in [3.05, 3.63) is 41.6 Å². The van der Waals surface area contributed by atoms with Crippen LogP contribution >= 0.6 is 11.6 Å². The number of aliphatic hydroxyl groups is 1. The lowest BCUT2D eigenvalue weighted by Gasteiger charge is -2.06. The van der Waals surface area contributed by atoms with E-state index in [1.54, 1.807) is 6.07 Å². The topological polar surface area (TPSA) is 58.0 Å². The van der Waals surface area contributed by atoms with Gasteiger partial charge in [-0.1, -0.05) is 41.9 Å². The smallest absolute Gasteiger partial charge is 0.224 e. The number of rotatable bonds is 4. The molecule has 2 rings (SSSR count). The Hall–Kier alpha value is -1.65. The third-order valence-corrected chi connectivity index (χ3v) is 2.35. The first-order chi connectivity index (χ1) is 8.29. The van der Waals surface area contributed by atoms with Gasteiger partial charge in [-0.3, -0.25) is 0 Å². The second-order valence-corrected chi connectivity index (χ2v) is 3.80. The van der Waals surface area contributed by atoms with E-state index in [9.17, 15) is 0 Å². The van der Waals surface area contributed by atoms with Crippen LogP contribution in [0.3, 0.4) is 0 Å². The van der Waals surface area contributed by atoms with Crippen molar-refractivity contribution < 1.29 is 5.11 Å². The van der Waals surface area contributed by atoms with E-state index in [1.165, 1.54) is 0 Å². The van der Waals surface area contributed by atoms with Gasteiger partial charge in [0, 0.05) is 18.2 Å². The number of halogens is 1. The quantitative estimate of drug-likeness (QED) is 0.816. The number of anilines is 1. The van der Waals surface area contributed by atoms with E-state index >= 15 is 0 Å². The molecule has 1 heterocycles. The van der Waals surface area contributed by atoms with Crippen molar-refractivity contribution in [1.29, 1.82) is 0 Å². The number of nitrogens with one attached hydrogen (secondary N) is 1. The van der Waals surface area contributed by atoms with Gasteiger partial charge in [0.2, 0.25) is 5.95 Å². The van der Waals surface area contributed by atoms with E-state index in [2.05, 4.69) is 15.3 Å². The minimum atomic E-state index is 0.0243. The summed E-state index contributed by atoms with van der Waals surface area (Å²) >= 11 is 5.93. The number of hydrogen-bond acceptors (Lipinski definition) is 4. The van der Waals surface area contributed by atoms with Crippen LogP contribution < -0.4 is 5.32 Å². The fraction of sp³-hybridized carbons (Fsp3) is 0.167. The number of aliphatic hydroxyl groups excluding tert-OH is 1. The van der Waals surface area contributed by atoms with E-state index in [0.29, 0.717) is 17.6 Å². The van der Waals surface area contributed by atoms with Gasteiger partial charge in [0.1, 0.15) is 5.15 Å². The Bertz CT molecular complexity index is 490. The van der Waals surface area contributed by atoms with Crippen LogP contribution in [0.1, 0.15) is 0 Å². The molecule has 0 unspecified atom stereocenters. The van der Waals surface area contributed by atoms with Gasteiger partial charge in [-0.15, -0.1) is 0 Å². The van der Waals surface area contributed by atoms with Crippen molar-refractivity contribution in [2.24, 2.45) is 0 Å². The molecule has 0 aliphatic heterocycles. The molecule has 0 saturated carbocycles. The molecular formula is C12H12ClN3O. The zero-order chi connectivity index (χ0) is 12.1. The first kappa shape index (κ1) is 11.8. The Kier molecular flexibility index (Phi) is 3.90. The SMILES string of the molecule is OCCNc1nc(Cl)cc(-c2ccccc2)n1. The molecule has 1 aromatic carbocycles. The Labute approximate surface area is 104 Å². The maximum absolute atomic E-state index is 8.73. The third kappa shape index (κ3) is 3.15. The summed E-state index contributed by atoms with van der Waals surface area (Å²) in [5.41, 5.74) is 1.73. The Morgan fingerprint density at radius 1 is 1.18 bits per heavy atom. The Balaban J connectivity index is 2.32.